The molecule has 5 heteroatoms. The Kier molecular flexibility index (Phi) is 5.11. The van der Waals surface area contributed by atoms with Gasteiger partial charge in [0.1, 0.15) is 0 Å². The molecule has 0 fully saturated rings. The molecule has 0 spiro atoms. The van der Waals surface area contributed by atoms with Crippen molar-refractivity contribution in [1.29, 1.82) is 0 Å². The molecule has 0 atom stereocenters. The molecule has 0 aliphatic rings. The number of nitrogens with two attached hydrogens (primary N) is 1. The van der Waals surface area contributed by atoms with Crippen LogP contribution in [0.5, 0.6) is 5.75 Å². The summed E-state index contributed by atoms with van der Waals surface area (Å²) in [6.45, 7) is 3.15. The number of amides is 1. The van der Waals surface area contributed by atoms with Gasteiger partial charge in [0.25, 0.3) is 0 Å². The largest absolute Gasteiger partial charge is 0.490 e. The van der Waals surface area contributed by atoms with Gasteiger partial charge in [-0.2, -0.15) is 0 Å². The summed E-state index contributed by atoms with van der Waals surface area (Å²) in [6.07, 6.45) is 2.89. The van der Waals surface area contributed by atoms with Crippen LogP contribution >= 0.6 is 0 Å². The first-order valence-corrected chi connectivity index (χ1v) is 5.34. The number of nitrogens with one attached hydrogen (secondary N) is 1. The number of hydrogen-bond donors (Lipinski definition) is 2. The fourth-order valence-corrected chi connectivity index (χ4v) is 1.16. The van der Waals surface area contributed by atoms with Crippen LogP contribution in [0.3, 0.4) is 0 Å². The molecule has 0 bridgehead atoms. The fourth-order valence-electron chi connectivity index (χ4n) is 1.16. The summed E-state index contributed by atoms with van der Waals surface area (Å²) in [4.78, 5) is 14.7. The first-order valence-electron chi connectivity index (χ1n) is 5.34. The van der Waals surface area contributed by atoms with Crippen LogP contribution in [-0.2, 0) is 4.79 Å². The number of nitrogens with zero attached hydrogens (tertiary/aromatic N) is 1. The van der Waals surface area contributed by atoms with Gasteiger partial charge in [-0.25, -0.2) is 4.98 Å². The van der Waals surface area contributed by atoms with Crippen molar-refractivity contribution in [2.75, 3.05) is 18.5 Å². The van der Waals surface area contributed by atoms with Crippen LogP contribution in [0.2, 0.25) is 0 Å². The molecule has 1 amide bonds. The lowest BCUT2D eigenvalue weighted by atomic mass is 10.3. The number of carbonyl (C=O) groups excluding carboxylic acids is 1. The van der Waals surface area contributed by atoms with Gasteiger partial charge in [-0.15, -0.1) is 0 Å². The van der Waals surface area contributed by atoms with Gasteiger partial charge in [0.15, 0.2) is 11.6 Å². The molecule has 1 aromatic heterocycles. The predicted molar refractivity (Wildman–Crippen MR) is 62.3 cm³/mol. The van der Waals surface area contributed by atoms with Crippen molar-refractivity contribution in [3.8, 4) is 5.75 Å². The second-order valence-electron chi connectivity index (χ2n) is 3.34. The second kappa shape index (κ2) is 6.66. The number of rotatable bonds is 7. The topological polar surface area (TPSA) is 77.2 Å². The summed E-state index contributed by atoms with van der Waals surface area (Å²) in [5, 5.41) is 3.02. The van der Waals surface area contributed by atoms with Crippen LogP contribution in [0.25, 0.3) is 0 Å². The van der Waals surface area contributed by atoms with Crippen molar-refractivity contribution in [2.45, 2.75) is 19.8 Å². The summed E-state index contributed by atoms with van der Waals surface area (Å²) >= 11 is 0. The summed E-state index contributed by atoms with van der Waals surface area (Å²) in [7, 11) is 0. The van der Waals surface area contributed by atoms with Gasteiger partial charge in [0.2, 0.25) is 5.91 Å². The average molecular weight is 223 g/mol. The van der Waals surface area contributed by atoms with Crippen LogP contribution < -0.4 is 15.8 Å². The first-order chi connectivity index (χ1) is 7.74. The third-order valence-electron chi connectivity index (χ3n) is 1.90. The molecule has 0 saturated carbocycles. The zero-order chi connectivity index (χ0) is 11.8. The fraction of sp³-hybridized carbons (Fsp3) is 0.455. The number of primary amides is 1. The van der Waals surface area contributed by atoms with E-state index in [9.17, 15) is 4.79 Å². The Morgan fingerprint density at radius 1 is 1.62 bits per heavy atom. The molecule has 0 unspecified atom stereocenters. The first kappa shape index (κ1) is 12.3. The third-order valence-corrected chi connectivity index (χ3v) is 1.90. The molecule has 3 N–H and O–H groups in total. The van der Waals surface area contributed by atoms with Crippen LogP contribution in [0, 0.1) is 0 Å². The molecule has 88 valence electrons. The summed E-state index contributed by atoms with van der Waals surface area (Å²) in [5.74, 6) is 1.02. The minimum Gasteiger partial charge on any atom is -0.490 e. The lowest BCUT2D eigenvalue weighted by Gasteiger charge is -2.10. The highest BCUT2D eigenvalue weighted by molar-refractivity contribution is 5.74. The number of carbonyl (C=O) groups is 1. The molecule has 0 aliphatic carbocycles. The van der Waals surface area contributed by atoms with Crippen LogP contribution in [0.4, 0.5) is 5.82 Å². The van der Waals surface area contributed by atoms with Crippen LogP contribution in [0.15, 0.2) is 18.3 Å². The zero-order valence-corrected chi connectivity index (χ0v) is 9.40. The van der Waals surface area contributed by atoms with Crippen LogP contribution in [-0.4, -0.2) is 24.0 Å². The van der Waals surface area contributed by atoms with Crippen molar-refractivity contribution >= 4 is 11.7 Å². The van der Waals surface area contributed by atoms with E-state index in [1.807, 2.05) is 19.1 Å². The maximum atomic E-state index is 10.6. The third kappa shape index (κ3) is 4.16. The zero-order valence-electron chi connectivity index (χ0n) is 9.40. The van der Waals surface area contributed by atoms with Gasteiger partial charge in [0, 0.05) is 19.2 Å². The molecule has 0 radical (unpaired) electrons. The predicted octanol–water partition coefficient (Wildman–Crippen LogP) is 1.16. The summed E-state index contributed by atoms with van der Waals surface area (Å²) in [6, 6.07) is 3.65. The SMILES string of the molecule is CCCOc1cccnc1NCCC(N)=O. The molecule has 0 aliphatic heterocycles. The Labute approximate surface area is 95.0 Å². The number of ether oxygens (including phenoxy) is 1. The molecule has 1 heterocycles. The van der Waals surface area contributed by atoms with E-state index in [1.165, 1.54) is 0 Å². The highest BCUT2D eigenvalue weighted by Gasteiger charge is 2.03. The monoisotopic (exact) mass is 223 g/mol. The molecule has 0 saturated heterocycles. The Bertz CT molecular complexity index is 342. The van der Waals surface area contributed by atoms with E-state index in [0.29, 0.717) is 24.7 Å². The van der Waals surface area contributed by atoms with Crippen LogP contribution in [0.1, 0.15) is 19.8 Å². The number of pyridine rings is 1. The highest BCUT2D eigenvalue weighted by Crippen LogP contribution is 2.20. The minimum absolute atomic E-state index is 0.282. The van der Waals surface area contributed by atoms with Gasteiger partial charge in [-0.05, 0) is 18.6 Å². The Morgan fingerprint density at radius 3 is 3.12 bits per heavy atom. The van der Waals surface area contributed by atoms with E-state index in [4.69, 9.17) is 10.5 Å². The molecule has 0 aromatic carbocycles. The van der Waals surface area contributed by atoms with E-state index in [0.717, 1.165) is 6.42 Å². The maximum absolute atomic E-state index is 10.6. The quantitative estimate of drug-likeness (QED) is 0.727. The Balaban J connectivity index is 2.52. The van der Waals surface area contributed by atoms with Crippen molar-refractivity contribution in [3.63, 3.8) is 0 Å². The van der Waals surface area contributed by atoms with E-state index < -0.39 is 0 Å². The lowest BCUT2D eigenvalue weighted by Crippen LogP contribution is -2.16. The normalized spacial score (nSPS) is 9.81. The second-order valence-corrected chi connectivity index (χ2v) is 3.34. The minimum atomic E-state index is -0.334. The van der Waals surface area contributed by atoms with Crippen molar-refractivity contribution < 1.29 is 9.53 Å². The molecular weight excluding hydrogens is 206 g/mol. The van der Waals surface area contributed by atoms with Crippen molar-refractivity contribution in [2.24, 2.45) is 5.73 Å². The van der Waals surface area contributed by atoms with Crippen molar-refractivity contribution in [3.05, 3.63) is 18.3 Å². The lowest BCUT2D eigenvalue weighted by molar-refractivity contribution is -0.117. The maximum Gasteiger partial charge on any atom is 0.219 e. The van der Waals surface area contributed by atoms with E-state index in [2.05, 4.69) is 10.3 Å². The number of aromatic nitrogens is 1. The summed E-state index contributed by atoms with van der Waals surface area (Å²) in [5.41, 5.74) is 5.04. The van der Waals surface area contributed by atoms with E-state index >= 15 is 0 Å². The number of hydrogen-bond acceptors (Lipinski definition) is 4. The van der Waals surface area contributed by atoms with Gasteiger partial charge in [-0.1, -0.05) is 6.92 Å². The van der Waals surface area contributed by atoms with E-state index in [1.54, 1.807) is 6.20 Å². The van der Waals surface area contributed by atoms with E-state index in [-0.39, 0.29) is 12.3 Å². The number of anilines is 1. The Hall–Kier alpha value is -1.78. The van der Waals surface area contributed by atoms with Gasteiger partial charge in [0.05, 0.1) is 6.61 Å². The molecule has 1 rings (SSSR count). The van der Waals surface area contributed by atoms with Gasteiger partial charge >= 0.3 is 0 Å². The highest BCUT2D eigenvalue weighted by atomic mass is 16.5. The Morgan fingerprint density at radius 2 is 2.44 bits per heavy atom. The van der Waals surface area contributed by atoms with Crippen molar-refractivity contribution in [1.82, 2.24) is 4.98 Å². The van der Waals surface area contributed by atoms with Gasteiger partial charge in [-0.3, -0.25) is 4.79 Å². The molecule has 5 nitrogen and oxygen atoms in total. The summed E-state index contributed by atoms with van der Waals surface area (Å²) < 4.78 is 5.50. The molecular formula is C11H17N3O2. The standard InChI is InChI=1S/C11H17N3O2/c1-2-8-16-9-4-3-6-13-11(9)14-7-5-10(12)15/h3-4,6H,2,5,7-8H2,1H3,(H2,12,15)(H,13,14). The smallest absolute Gasteiger partial charge is 0.219 e. The molecule has 16 heavy (non-hydrogen) atoms. The van der Waals surface area contributed by atoms with Gasteiger partial charge < -0.3 is 15.8 Å². The average Bonchev–Trinajstić information content (AvgIpc) is 2.27. The molecule has 1 aromatic rings.